The van der Waals surface area contributed by atoms with Crippen LogP contribution < -0.4 is 0 Å². The van der Waals surface area contributed by atoms with Crippen LogP contribution in [0.2, 0.25) is 0 Å². The van der Waals surface area contributed by atoms with Gasteiger partial charge in [0, 0.05) is 30.4 Å². The fourth-order valence-corrected chi connectivity index (χ4v) is 3.37. The number of hydrogen-bond donors (Lipinski definition) is 1. The van der Waals surface area contributed by atoms with Crippen molar-refractivity contribution in [2.75, 3.05) is 13.1 Å². The van der Waals surface area contributed by atoms with Gasteiger partial charge < -0.3 is 5.11 Å². The summed E-state index contributed by atoms with van der Waals surface area (Å²) >= 11 is 1.69. The van der Waals surface area contributed by atoms with E-state index in [0.29, 0.717) is 6.54 Å². The summed E-state index contributed by atoms with van der Waals surface area (Å²) in [5.74, 6) is -0.692. The lowest BCUT2D eigenvalue weighted by atomic mass is 9.98. The predicted molar refractivity (Wildman–Crippen MR) is 76.4 cm³/mol. The van der Waals surface area contributed by atoms with Crippen molar-refractivity contribution in [3.63, 3.8) is 0 Å². The van der Waals surface area contributed by atoms with Gasteiger partial charge in [-0.05, 0) is 5.92 Å². The summed E-state index contributed by atoms with van der Waals surface area (Å²) in [5.41, 5.74) is 1.15. The van der Waals surface area contributed by atoms with E-state index in [1.165, 1.54) is 0 Å². The third-order valence-electron chi connectivity index (χ3n) is 3.58. The molecule has 0 aromatic carbocycles. The van der Waals surface area contributed by atoms with E-state index in [1.54, 1.807) is 11.3 Å². The van der Waals surface area contributed by atoms with Crippen LogP contribution in [0.1, 0.15) is 38.4 Å². The lowest BCUT2D eigenvalue weighted by molar-refractivity contribution is -0.142. The van der Waals surface area contributed by atoms with Gasteiger partial charge in [0.2, 0.25) is 0 Å². The van der Waals surface area contributed by atoms with Gasteiger partial charge in [0.25, 0.3) is 0 Å². The monoisotopic (exact) mass is 282 g/mol. The topological polar surface area (TPSA) is 53.4 Å². The summed E-state index contributed by atoms with van der Waals surface area (Å²) in [7, 11) is 0. The molecule has 1 aromatic heterocycles. The van der Waals surface area contributed by atoms with E-state index in [0.717, 1.165) is 23.8 Å². The molecule has 1 saturated heterocycles. The summed E-state index contributed by atoms with van der Waals surface area (Å²) in [6.07, 6.45) is 0. The Morgan fingerprint density at radius 3 is 2.68 bits per heavy atom. The summed E-state index contributed by atoms with van der Waals surface area (Å²) < 4.78 is 0. The molecular formula is C14H22N2O2S. The van der Waals surface area contributed by atoms with E-state index < -0.39 is 5.97 Å². The highest BCUT2D eigenvalue weighted by Crippen LogP contribution is 2.28. The second kappa shape index (κ2) is 5.21. The summed E-state index contributed by atoms with van der Waals surface area (Å²) in [6.45, 7) is 10.7. The molecule has 106 valence electrons. The Bertz CT molecular complexity index is 464. The van der Waals surface area contributed by atoms with Gasteiger partial charge in [0.05, 0.1) is 16.6 Å². The van der Waals surface area contributed by atoms with Crippen molar-refractivity contribution in [3.05, 3.63) is 16.1 Å². The molecule has 1 aromatic rings. The van der Waals surface area contributed by atoms with Gasteiger partial charge in [0.15, 0.2) is 0 Å². The number of carboxylic acids is 1. The molecule has 2 atom stereocenters. The first kappa shape index (κ1) is 14.5. The predicted octanol–water partition coefficient (Wildman–Crippen LogP) is 2.59. The fraction of sp³-hybridized carbons (Fsp3) is 0.714. The number of nitrogens with zero attached hydrogens (tertiary/aromatic N) is 2. The van der Waals surface area contributed by atoms with Crippen LogP contribution >= 0.6 is 11.3 Å². The average molecular weight is 282 g/mol. The number of carbonyl (C=O) groups is 1. The maximum Gasteiger partial charge on any atom is 0.308 e. The third kappa shape index (κ3) is 3.34. The van der Waals surface area contributed by atoms with Gasteiger partial charge in [-0.15, -0.1) is 11.3 Å². The molecule has 0 amide bonds. The molecular weight excluding hydrogens is 260 g/mol. The van der Waals surface area contributed by atoms with Gasteiger partial charge in [-0.25, -0.2) is 4.98 Å². The van der Waals surface area contributed by atoms with Crippen LogP contribution in [-0.4, -0.2) is 34.0 Å². The Balaban J connectivity index is 1.99. The van der Waals surface area contributed by atoms with Crippen molar-refractivity contribution in [3.8, 4) is 0 Å². The molecule has 0 saturated carbocycles. The minimum absolute atomic E-state index is 0.0881. The molecule has 19 heavy (non-hydrogen) atoms. The summed E-state index contributed by atoms with van der Waals surface area (Å²) in [4.78, 5) is 18.0. The van der Waals surface area contributed by atoms with E-state index in [2.05, 4.69) is 36.0 Å². The quantitative estimate of drug-likeness (QED) is 0.926. The molecule has 1 N–H and O–H groups in total. The molecule has 1 fully saturated rings. The third-order valence-corrected chi connectivity index (χ3v) is 4.90. The zero-order valence-electron chi connectivity index (χ0n) is 12.0. The minimum atomic E-state index is -0.677. The molecule has 4 nitrogen and oxygen atoms in total. The number of aromatic nitrogens is 1. The number of rotatable bonds is 3. The normalized spacial score (nSPS) is 24.8. The Kier molecular flexibility index (Phi) is 3.97. The Labute approximate surface area is 118 Å². The molecule has 0 spiro atoms. The lowest BCUT2D eigenvalue weighted by Crippen LogP contribution is -2.23. The smallest absolute Gasteiger partial charge is 0.308 e. The van der Waals surface area contributed by atoms with Crippen molar-refractivity contribution in [2.24, 2.45) is 11.8 Å². The highest BCUT2D eigenvalue weighted by atomic mass is 32.1. The number of carboxylic acid groups (broad SMARTS) is 1. The van der Waals surface area contributed by atoms with Crippen LogP contribution in [-0.2, 0) is 16.8 Å². The maximum atomic E-state index is 11.1. The molecule has 2 heterocycles. The van der Waals surface area contributed by atoms with Crippen molar-refractivity contribution >= 4 is 17.3 Å². The van der Waals surface area contributed by atoms with E-state index in [4.69, 9.17) is 5.11 Å². The molecule has 2 rings (SSSR count). The number of likely N-dealkylation sites (tertiary alicyclic amines) is 1. The standard InChI is InChI=1S/C14H22N2O2S/c1-9-5-16(7-11(9)12(17)18)6-10-8-19-13(15-10)14(2,3)4/h8-9,11H,5-7H2,1-4H3,(H,17,18)/t9-,11-/m1/s1. The maximum absolute atomic E-state index is 11.1. The highest BCUT2D eigenvalue weighted by Gasteiger charge is 2.34. The van der Waals surface area contributed by atoms with Crippen LogP contribution in [0.15, 0.2) is 5.38 Å². The van der Waals surface area contributed by atoms with E-state index in [9.17, 15) is 4.79 Å². The van der Waals surface area contributed by atoms with Gasteiger partial charge >= 0.3 is 5.97 Å². The molecule has 0 unspecified atom stereocenters. The first-order valence-electron chi connectivity index (χ1n) is 6.67. The highest BCUT2D eigenvalue weighted by molar-refractivity contribution is 7.09. The molecule has 5 heteroatoms. The molecule has 1 aliphatic heterocycles. The largest absolute Gasteiger partial charge is 0.481 e. The van der Waals surface area contributed by atoms with Crippen molar-refractivity contribution in [1.29, 1.82) is 0 Å². The minimum Gasteiger partial charge on any atom is -0.481 e. The van der Waals surface area contributed by atoms with Crippen LogP contribution in [0.5, 0.6) is 0 Å². The Morgan fingerprint density at radius 2 is 2.21 bits per heavy atom. The number of hydrogen-bond acceptors (Lipinski definition) is 4. The van der Waals surface area contributed by atoms with Crippen LogP contribution in [0, 0.1) is 11.8 Å². The van der Waals surface area contributed by atoms with Crippen molar-refractivity contribution < 1.29 is 9.90 Å². The van der Waals surface area contributed by atoms with E-state index in [1.807, 2.05) is 6.92 Å². The van der Waals surface area contributed by atoms with Crippen LogP contribution in [0.25, 0.3) is 0 Å². The average Bonchev–Trinajstić information content (AvgIpc) is 2.85. The molecule has 0 radical (unpaired) electrons. The van der Waals surface area contributed by atoms with Crippen LogP contribution in [0.3, 0.4) is 0 Å². The Morgan fingerprint density at radius 1 is 1.53 bits per heavy atom. The van der Waals surface area contributed by atoms with E-state index in [-0.39, 0.29) is 17.3 Å². The summed E-state index contributed by atoms with van der Waals surface area (Å²) in [5, 5.41) is 12.4. The zero-order valence-corrected chi connectivity index (χ0v) is 12.8. The molecule has 0 aliphatic carbocycles. The van der Waals surface area contributed by atoms with Crippen molar-refractivity contribution in [2.45, 2.75) is 39.7 Å². The molecule has 1 aliphatic rings. The van der Waals surface area contributed by atoms with Crippen LogP contribution in [0.4, 0.5) is 0 Å². The fourth-order valence-electron chi connectivity index (χ4n) is 2.47. The van der Waals surface area contributed by atoms with Gasteiger partial charge in [-0.1, -0.05) is 27.7 Å². The number of thiazole rings is 1. The second-order valence-electron chi connectivity index (χ2n) is 6.51. The SMILES string of the molecule is C[C@@H]1CN(Cc2csc(C(C)(C)C)n2)C[C@H]1C(=O)O. The first-order chi connectivity index (χ1) is 8.77. The number of aliphatic carboxylic acids is 1. The first-order valence-corrected chi connectivity index (χ1v) is 7.55. The van der Waals surface area contributed by atoms with Crippen molar-refractivity contribution in [1.82, 2.24) is 9.88 Å². The zero-order chi connectivity index (χ0) is 14.2. The second-order valence-corrected chi connectivity index (χ2v) is 7.37. The van der Waals surface area contributed by atoms with Gasteiger partial charge in [0.1, 0.15) is 0 Å². The van der Waals surface area contributed by atoms with Gasteiger partial charge in [-0.2, -0.15) is 0 Å². The summed E-state index contributed by atoms with van der Waals surface area (Å²) in [6, 6.07) is 0. The lowest BCUT2D eigenvalue weighted by Gasteiger charge is -2.15. The Hall–Kier alpha value is -0.940. The van der Waals surface area contributed by atoms with Gasteiger partial charge in [-0.3, -0.25) is 9.69 Å². The molecule has 0 bridgehead atoms. The van der Waals surface area contributed by atoms with E-state index >= 15 is 0 Å².